The molecule has 0 aliphatic carbocycles. The van der Waals surface area contributed by atoms with Gasteiger partial charge in [-0.15, -0.1) is 0 Å². The van der Waals surface area contributed by atoms with Gasteiger partial charge in [-0.3, -0.25) is 9.91 Å². The van der Waals surface area contributed by atoms with Crippen molar-refractivity contribution < 1.29 is 23.4 Å². The van der Waals surface area contributed by atoms with E-state index in [0.717, 1.165) is 5.56 Å². The molecule has 1 aromatic heterocycles. The largest absolute Gasteiger partial charge is 0.472 e. The zero-order valence-corrected chi connectivity index (χ0v) is 14.5. The lowest BCUT2D eigenvalue weighted by Gasteiger charge is -2.30. The summed E-state index contributed by atoms with van der Waals surface area (Å²) < 4.78 is 24.7. The van der Waals surface area contributed by atoms with Gasteiger partial charge in [-0.2, -0.15) is 5.10 Å². The number of carbonyl (C=O) groups is 1. The van der Waals surface area contributed by atoms with Gasteiger partial charge in [0.15, 0.2) is 0 Å². The Morgan fingerprint density at radius 3 is 2.81 bits per heavy atom. The summed E-state index contributed by atoms with van der Waals surface area (Å²) in [6.07, 6.45) is 3.70. The number of ether oxygens (including phenoxy) is 1. The fourth-order valence-corrected chi connectivity index (χ4v) is 3.09. The molecular formula is C18H19FN4O4. The molecule has 1 aromatic carbocycles. The predicted octanol–water partition coefficient (Wildman–Crippen LogP) is 2.00. The van der Waals surface area contributed by atoms with Gasteiger partial charge in [0, 0.05) is 12.1 Å². The van der Waals surface area contributed by atoms with Crippen molar-refractivity contribution in [2.24, 2.45) is 5.10 Å². The van der Waals surface area contributed by atoms with Crippen molar-refractivity contribution >= 4 is 23.8 Å². The lowest BCUT2D eigenvalue weighted by Crippen LogP contribution is -2.38. The number of hydrogen-bond donors (Lipinski definition) is 1. The fraction of sp³-hybridized carbons (Fsp3) is 0.333. The Balaban J connectivity index is 1.45. The van der Waals surface area contributed by atoms with Crippen LogP contribution >= 0.6 is 0 Å². The highest BCUT2D eigenvalue weighted by atomic mass is 19.1. The van der Waals surface area contributed by atoms with E-state index in [2.05, 4.69) is 5.10 Å². The zero-order chi connectivity index (χ0) is 18.8. The van der Waals surface area contributed by atoms with Crippen LogP contribution in [0.3, 0.4) is 0 Å². The van der Waals surface area contributed by atoms with Gasteiger partial charge in [-0.25, -0.2) is 9.18 Å². The first kappa shape index (κ1) is 17.3. The fourth-order valence-electron chi connectivity index (χ4n) is 3.09. The lowest BCUT2D eigenvalue weighted by atomic mass is 10.2. The Morgan fingerprint density at radius 1 is 1.30 bits per heavy atom. The standard InChI is InChI=1S/C18H19FN4O4/c19-16-7-14(23-9-15(10-24)27-18(23)25)1-2-17(16)21-4-5-22(20-12-21)8-13-3-6-26-11-13/h1-3,6-7,11-12,15,24H,4-5,8-10H2/t15-/m1/s1. The number of benzene rings is 1. The SMILES string of the molecule is O=C1O[C@@H](CO)CN1c1ccc(N2C=NN(Cc3ccoc3)CC2)c(F)c1. The number of halogens is 1. The first-order valence-electron chi connectivity index (χ1n) is 8.59. The van der Waals surface area contributed by atoms with E-state index < -0.39 is 18.0 Å². The molecule has 0 radical (unpaired) electrons. The number of aliphatic hydroxyl groups is 1. The zero-order valence-electron chi connectivity index (χ0n) is 14.5. The quantitative estimate of drug-likeness (QED) is 0.862. The monoisotopic (exact) mass is 374 g/mol. The molecule has 2 aliphatic rings. The Labute approximate surface area is 155 Å². The topological polar surface area (TPSA) is 81.8 Å². The van der Waals surface area contributed by atoms with E-state index in [0.29, 0.717) is 31.0 Å². The van der Waals surface area contributed by atoms with Crippen LogP contribution in [0, 0.1) is 5.82 Å². The van der Waals surface area contributed by atoms with Gasteiger partial charge in [0.05, 0.1) is 50.1 Å². The van der Waals surface area contributed by atoms with Gasteiger partial charge < -0.3 is 19.2 Å². The summed E-state index contributed by atoms with van der Waals surface area (Å²) in [6.45, 7) is 1.78. The minimum Gasteiger partial charge on any atom is -0.472 e. The molecule has 0 spiro atoms. The maximum Gasteiger partial charge on any atom is 0.414 e. The summed E-state index contributed by atoms with van der Waals surface area (Å²) in [7, 11) is 0. The number of furan rings is 1. The summed E-state index contributed by atoms with van der Waals surface area (Å²) in [6, 6.07) is 6.44. The molecule has 1 atom stereocenters. The summed E-state index contributed by atoms with van der Waals surface area (Å²) in [5.41, 5.74) is 1.80. The van der Waals surface area contributed by atoms with E-state index in [-0.39, 0.29) is 13.2 Å². The van der Waals surface area contributed by atoms with Crippen LogP contribution < -0.4 is 9.80 Å². The molecule has 0 bridgehead atoms. The van der Waals surface area contributed by atoms with Crippen LogP contribution in [0.5, 0.6) is 0 Å². The lowest BCUT2D eigenvalue weighted by molar-refractivity contribution is 0.0963. The molecule has 27 heavy (non-hydrogen) atoms. The van der Waals surface area contributed by atoms with Crippen LogP contribution in [0.15, 0.2) is 46.3 Å². The number of nitrogens with zero attached hydrogens (tertiary/aromatic N) is 4. The van der Waals surface area contributed by atoms with Crippen molar-refractivity contribution in [2.75, 3.05) is 36.0 Å². The van der Waals surface area contributed by atoms with Gasteiger partial charge in [0.2, 0.25) is 0 Å². The first-order valence-corrected chi connectivity index (χ1v) is 8.59. The molecule has 142 valence electrons. The summed E-state index contributed by atoms with van der Waals surface area (Å²) in [4.78, 5) is 14.9. The van der Waals surface area contributed by atoms with E-state index in [1.54, 1.807) is 35.9 Å². The molecule has 9 heteroatoms. The molecule has 2 aliphatic heterocycles. The van der Waals surface area contributed by atoms with Crippen LogP contribution in [-0.4, -0.2) is 54.9 Å². The van der Waals surface area contributed by atoms with E-state index in [9.17, 15) is 9.18 Å². The maximum absolute atomic E-state index is 14.6. The molecule has 0 unspecified atom stereocenters. The van der Waals surface area contributed by atoms with E-state index in [4.69, 9.17) is 14.3 Å². The van der Waals surface area contributed by atoms with Gasteiger partial charge >= 0.3 is 6.09 Å². The van der Waals surface area contributed by atoms with E-state index in [1.165, 1.54) is 11.0 Å². The second kappa shape index (κ2) is 7.28. The van der Waals surface area contributed by atoms with Crippen LogP contribution in [0.25, 0.3) is 0 Å². The third-order valence-electron chi connectivity index (χ3n) is 4.53. The minimum absolute atomic E-state index is 0.197. The Bertz CT molecular complexity index is 842. The minimum atomic E-state index is -0.587. The van der Waals surface area contributed by atoms with Crippen molar-refractivity contribution in [1.82, 2.24) is 5.01 Å². The van der Waals surface area contributed by atoms with Crippen molar-refractivity contribution in [3.05, 3.63) is 48.2 Å². The molecule has 4 rings (SSSR count). The highest BCUT2D eigenvalue weighted by Crippen LogP contribution is 2.28. The highest BCUT2D eigenvalue weighted by Gasteiger charge is 2.32. The van der Waals surface area contributed by atoms with Crippen LogP contribution in [0.2, 0.25) is 0 Å². The number of rotatable bonds is 5. The second-order valence-electron chi connectivity index (χ2n) is 6.38. The number of anilines is 2. The van der Waals surface area contributed by atoms with Gasteiger partial charge in [0.1, 0.15) is 18.3 Å². The Kier molecular flexibility index (Phi) is 4.68. The maximum atomic E-state index is 14.6. The summed E-state index contributed by atoms with van der Waals surface area (Å²) >= 11 is 0. The average Bonchev–Trinajstić information content (AvgIpc) is 3.32. The van der Waals surface area contributed by atoms with Crippen molar-refractivity contribution in [1.29, 1.82) is 0 Å². The number of amides is 1. The molecule has 1 N–H and O–H groups in total. The van der Waals surface area contributed by atoms with Crippen molar-refractivity contribution in [3.8, 4) is 0 Å². The highest BCUT2D eigenvalue weighted by molar-refractivity contribution is 5.90. The van der Waals surface area contributed by atoms with E-state index >= 15 is 0 Å². The third kappa shape index (κ3) is 3.59. The van der Waals surface area contributed by atoms with Gasteiger partial charge in [-0.1, -0.05) is 0 Å². The second-order valence-corrected chi connectivity index (χ2v) is 6.38. The smallest absolute Gasteiger partial charge is 0.414 e. The molecule has 1 fully saturated rings. The number of hydrogen-bond acceptors (Lipinski definition) is 7. The molecule has 3 heterocycles. The summed E-state index contributed by atoms with van der Waals surface area (Å²) in [5, 5.41) is 15.3. The average molecular weight is 374 g/mol. The van der Waals surface area contributed by atoms with Crippen LogP contribution in [0.4, 0.5) is 20.6 Å². The predicted molar refractivity (Wildman–Crippen MR) is 96.1 cm³/mol. The molecule has 8 nitrogen and oxygen atoms in total. The Morgan fingerprint density at radius 2 is 2.19 bits per heavy atom. The number of cyclic esters (lactones) is 1. The number of aliphatic hydroxyl groups excluding tert-OH is 1. The van der Waals surface area contributed by atoms with Gasteiger partial charge in [-0.05, 0) is 24.3 Å². The number of carbonyl (C=O) groups excluding carboxylic acids is 1. The molecular weight excluding hydrogens is 355 g/mol. The molecule has 0 saturated carbocycles. The normalized spacial score (nSPS) is 19.7. The van der Waals surface area contributed by atoms with Gasteiger partial charge in [0.25, 0.3) is 0 Å². The molecule has 2 aromatic rings. The van der Waals surface area contributed by atoms with Crippen molar-refractivity contribution in [2.45, 2.75) is 12.6 Å². The summed E-state index contributed by atoms with van der Waals surface area (Å²) in [5.74, 6) is -0.456. The number of hydrazone groups is 1. The Hall–Kier alpha value is -3.07. The third-order valence-corrected chi connectivity index (χ3v) is 4.53. The molecule has 1 saturated heterocycles. The first-order chi connectivity index (χ1) is 13.1. The van der Waals surface area contributed by atoms with Crippen LogP contribution in [-0.2, 0) is 11.3 Å². The van der Waals surface area contributed by atoms with Crippen molar-refractivity contribution in [3.63, 3.8) is 0 Å². The molecule has 1 amide bonds. The van der Waals surface area contributed by atoms with E-state index in [1.807, 2.05) is 11.1 Å². The van der Waals surface area contributed by atoms with Crippen LogP contribution in [0.1, 0.15) is 5.56 Å².